The van der Waals surface area contributed by atoms with Gasteiger partial charge in [-0.2, -0.15) is 0 Å². The van der Waals surface area contributed by atoms with Gasteiger partial charge < -0.3 is 14.4 Å². The molecule has 1 amide bonds. The molecule has 0 spiro atoms. The van der Waals surface area contributed by atoms with E-state index in [1.54, 1.807) is 0 Å². The van der Waals surface area contributed by atoms with Crippen LogP contribution in [0.4, 0.5) is 5.69 Å². The lowest BCUT2D eigenvalue weighted by Crippen LogP contribution is -2.47. The number of benzene rings is 2. The first-order valence-corrected chi connectivity index (χ1v) is 12.5. The van der Waals surface area contributed by atoms with Gasteiger partial charge in [-0.1, -0.05) is 48.0 Å². The average Bonchev–Trinajstić information content (AvgIpc) is 3.19. The zero-order valence-electron chi connectivity index (χ0n) is 19.4. The molecule has 1 aromatic heterocycles. The highest BCUT2D eigenvalue weighted by atomic mass is 35.5. The molecule has 0 radical (unpaired) electrons. The van der Waals surface area contributed by atoms with Crippen LogP contribution in [-0.2, 0) is 6.54 Å². The van der Waals surface area contributed by atoms with Gasteiger partial charge in [0.1, 0.15) is 0 Å². The summed E-state index contributed by atoms with van der Waals surface area (Å²) >= 11 is 6.02. The molecule has 1 saturated heterocycles. The Morgan fingerprint density at radius 3 is 2.38 bits per heavy atom. The van der Waals surface area contributed by atoms with Gasteiger partial charge in [0.15, 0.2) is 0 Å². The molecule has 3 heterocycles. The van der Waals surface area contributed by atoms with Gasteiger partial charge in [-0.05, 0) is 54.9 Å². The summed E-state index contributed by atoms with van der Waals surface area (Å²) in [5.74, 6) is 0.138. The monoisotopic (exact) mass is 474 g/mol. The molecule has 3 aromatic rings. The first-order chi connectivity index (χ1) is 16.7. The highest BCUT2D eigenvalue weighted by Crippen LogP contribution is 2.22. The molecule has 176 valence electrons. The smallest absolute Gasteiger partial charge is 0.256 e. The molecule has 0 unspecified atom stereocenters. The second-order valence-electron chi connectivity index (χ2n) is 9.04. The van der Waals surface area contributed by atoms with Gasteiger partial charge in [-0.15, -0.1) is 0 Å². The summed E-state index contributed by atoms with van der Waals surface area (Å²) in [4.78, 5) is 20.2. The first kappa shape index (κ1) is 22.8. The molecule has 2 aliphatic heterocycles. The lowest BCUT2D eigenvalue weighted by Gasteiger charge is -2.36. The number of carbonyl (C=O) groups excluding carboxylic acids is 1. The van der Waals surface area contributed by atoms with Crippen molar-refractivity contribution >= 4 is 29.3 Å². The van der Waals surface area contributed by atoms with Crippen LogP contribution in [0.2, 0.25) is 5.02 Å². The Hall–Kier alpha value is -3.02. The Kier molecular flexibility index (Phi) is 7.02. The lowest BCUT2D eigenvalue weighted by atomic mass is 10.2. The highest BCUT2D eigenvalue weighted by molar-refractivity contribution is 6.30. The fourth-order valence-electron chi connectivity index (χ4n) is 4.87. The van der Waals surface area contributed by atoms with Crippen molar-refractivity contribution in [3.05, 3.63) is 94.8 Å². The van der Waals surface area contributed by atoms with E-state index in [-0.39, 0.29) is 5.91 Å². The van der Waals surface area contributed by atoms with Gasteiger partial charge in [-0.3, -0.25) is 9.69 Å². The van der Waals surface area contributed by atoms with E-state index < -0.39 is 0 Å². The Balaban J connectivity index is 1.12. The van der Waals surface area contributed by atoms with Crippen LogP contribution in [0.25, 0.3) is 6.08 Å². The van der Waals surface area contributed by atoms with Crippen LogP contribution in [0.15, 0.2) is 72.9 Å². The van der Waals surface area contributed by atoms with E-state index in [9.17, 15) is 4.79 Å². The van der Waals surface area contributed by atoms with Crippen LogP contribution in [0.1, 0.15) is 28.0 Å². The molecule has 1 fully saturated rings. The van der Waals surface area contributed by atoms with Crippen molar-refractivity contribution in [2.24, 2.45) is 0 Å². The maximum absolute atomic E-state index is 13.3. The Bertz CT molecular complexity index is 1130. The summed E-state index contributed by atoms with van der Waals surface area (Å²) < 4.78 is 2.17. The normalized spacial score (nSPS) is 16.6. The third-order valence-electron chi connectivity index (χ3n) is 6.79. The topological polar surface area (TPSA) is 31.7 Å². The van der Waals surface area contributed by atoms with Crippen molar-refractivity contribution in [1.82, 2.24) is 14.4 Å². The minimum atomic E-state index is 0.138. The van der Waals surface area contributed by atoms with Crippen LogP contribution in [0.5, 0.6) is 0 Å². The van der Waals surface area contributed by atoms with Crippen molar-refractivity contribution < 1.29 is 4.79 Å². The average molecular weight is 475 g/mol. The second-order valence-corrected chi connectivity index (χ2v) is 9.48. The summed E-state index contributed by atoms with van der Waals surface area (Å²) in [7, 11) is 0. The van der Waals surface area contributed by atoms with Gasteiger partial charge in [0.2, 0.25) is 0 Å². The molecule has 0 aliphatic carbocycles. The zero-order chi connectivity index (χ0) is 23.3. The van der Waals surface area contributed by atoms with Crippen molar-refractivity contribution in [3.8, 4) is 0 Å². The van der Waals surface area contributed by atoms with E-state index in [1.807, 2.05) is 35.4 Å². The first-order valence-electron chi connectivity index (χ1n) is 12.1. The Labute approximate surface area is 206 Å². The minimum Gasteiger partial charge on any atom is -0.369 e. The van der Waals surface area contributed by atoms with Crippen LogP contribution in [-0.4, -0.2) is 66.1 Å². The van der Waals surface area contributed by atoms with Gasteiger partial charge in [0, 0.05) is 62.7 Å². The van der Waals surface area contributed by atoms with E-state index >= 15 is 0 Å². The van der Waals surface area contributed by atoms with Crippen molar-refractivity contribution in [3.63, 3.8) is 0 Å². The third kappa shape index (κ3) is 5.21. The fourth-order valence-corrected chi connectivity index (χ4v) is 5.00. The Morgan fingerprint density at radius 1 is 0.853 bits per heavy atom. The number of amides is 1. The van der Waals surface area contributed by atoms with Crippen molar-refractivity contribution in [2.45, 2.75) is 13.0 Å². The predicted octanol–water partition coefficient (Wildman–Crippen LogP) is 4.87. The molecule has 6 heteroatoms. The quantitative estimate of drug-likeness (QED) is 0.489. The summed E-state index contributed by atoms with van der Waals surface area (Å²) in [5, 5.41) is 0.778. The fraction of sp³-hybridized carbons (Fsp3) is 0.321. The summed E-state index contributed by atoms with van der Waals surface area (Å²) in [6.45, 7) is 7.37. The minimum absolute atomic E-state index is 0.138. The standard InChI is InChI=1S/C28H31ClN4O/c29-24-9-11-25(12-10-24)31-20-18-30(19-21-31)14-5-16-32-15-4-8-27-26(28(32)34)13-17-33(27)22-23-6-2-1-3-7-23/h1-4,6-13,17H,5,14-16,18-22H2. The van der Waals surface area contributed by atoms with Crippen molar-refractivity contribution in [2.75, 3.05) is 50.7 Å². The number of hydrogen-bond donors (Lipinski definition) is 0. The van der Waals surface area contributed by atoms with Crippen LogP contribution < -0.4 is 4.90 Å². The number of hydrogen-bond acceptors (Lipinski definition) is 3. The molecule has 0 atom stereocenters. The number of anilines is 1. The third-order valence-corrected chi connectivity index (χ3v) is 7.04. The van der Waals surface area contributed by atoms with E-state index in [0.29, 0.717) is 6.54 Å². The lowest BCUT2D eigenvalue weighted by molar-refractivity contribution is 0.0767. The second kappa shape index (κ2) is 10.5. The van der Waals surface area contributed by atoms with Gasteiger partial charge in [0.05, 0.1) is 11.3 Å². The maximum Gasteiger partial charge on any atom is 0.256 e. The number of halogens is 1. The van der Waals surface area contributed by atoms with E-state index in [1.165, 1.54) is 11.3 Å². The molecule has 5 nitrogen and oxygen atoms in total. The number of piperazine rings is 1. The van der Waals surface area contributed by atoms with Crippen LogP contribution in [0, 0.1) is 0 Å². The SMILES string of the molecule is O=C1c2ccn(Cc3ccccc3)c2C=CCN1CCCN1CCN(c2ccc(Cl)cc2)CC1. The number of rotatable bonds is 7. The van der Waals surface area contributed by atoms with Gasteiger partial charge in [-0.25, -0.2) is 0 Å². The van der Waals surface area contributed by atoms with Crippen molar-refractivity contribution in [1.29, 1.82) is 0 Å². The number of fused-ring (bicyclic) bond motifs is 1. The molecule has 2 aliphatic rings. The summed E-state index contributed by atoms with van der Waals surface area (Å²) in [6, 6.07) is 20.5. The number of nitrogens with zero attached hydrogens (tertiary/aromatic N) is 4. The maximum atomic E-state index is 13.3. The Morgan fingerprint density at radius 2 is 1.62 bits per heavy atom. The zero-order valence-corrected chi connectivity index (χ0v) is 20.2. The molecule has 0 N–H and O–H groups in total. The van der Waals surface area contributed by atoms with E-state index in [0.717, 1.165) is 68.5 Å². The highest BCUT2D eigenvalue weighted by Gasteiger charge is 2.23. The molecule has 0 saturated carbocycles. The predicted molar refractivity (Wildman–Crippen MR) is 140 cm³/mol. The van der Waals surface area contributed by atoms with Crippen LogP contribution in [0.3, 0.4) is 0 Å². The summed E-state index contributed by atoms with van der Waals surface area (Å²) in [6.07, 6.45) is 7.24. The molecule has 34 heavy (non-hydrogen) atoms. The molecule has 2 aromatic carbocycles. The van der Waals surface area contributed by atoms with Gasteiger partial charge >= 0.3 is 0 Å². The largest absolute Gasteiger partial charge is 0.369 e. The van der Waals surface area contributed by atoms with Gasteiger partial charge in [0.25, 0.3) is 5.91 Å². The van der Waals surface area contributed by atoms with E-state index in [2.05, 4.69) is 62.9 Å². The number of aromatic nitrogens is 1. The number of carbonyl (C=O) groups is 1. The molecular formula is C28H31ClN4O. The summed E-state index contributed by atoms with van der Waals surface area (Å²) in [5.41, 5.74) is 4.29. The van der Waals surface area contributed by atoms with Crippen LogP contribution >= 0.6 is 11.6 Å². The van der Waals surface area contributed by atoms with E-state index in [4.69, 9.17) is 11.6 Å². The molecular weight excluding hydrogens is 444 g/mol. The molecule has 0 bridgehead atoms. The molecule has 5 rings (SSSR count).